The number of ether oxygens (including phenoxy) is 2. The van der Waals surface area contributed by atoms with E-state index >= 15 is 0 Å². The van der Waals surface area contributed by atoms with Gasteiger partial charge in [-0.2, -0.15) is 0 Å². The molecular weight excluding hydrogens is 288 g/mol. The molecule has 23 heavy (non-hydrogen) atoms. The zero-order chi connectivity index (χ0) is 16.3. The fraction of sp³-hybridized carbons (Fsp3) is 0.450. The van der Waals surface area contributed by atoms with Crippen molar-refractivity contribution in [2.24, 2.45) is 5.41 Å². The molecule has 0 N–H and O–H groups in total. The van der Waals surface area contributed by atoms with E-state index in [9.17, 15) is 4.79 Å². The monoisotopic (exact) mass is 312 g/mol. The van der Waals surface area contributed by atoms with Gasteiger partial charge in [-0.1, -0.05) is 56.3 Å². The predicted molar refractivity (Wildman–Crippen MR) is 91.6 cm³/mol. The van der Waals surface area contributed by atoms with Crippen LogP contribution in [0.15, 0.2) is 42.5 Å². The van der Waals surface area contributed by atoms with Crippen molar-refractivity contribution >= 4 is 16.6 Å². The summed E-state index contributed by atoms with van der Waals surface area (Å²) in [7, 11) is 0. The Morgan fingerprint density at radius 2 is 1.78 bits per heavy atom. The van der Waals surface area contributed by atoms with Crippen LogP contribution in [-0.2, 0) is 9.47 Å². The number of benzene rings is 2. The van der Waals surface area contributed by atoms with Crippen LogP contribution in [0.2, 0.25) is 0 Å². The Balaban J connectivity index is 1.55. The molecule has 0 aromatic heterocycles. The maximum absolute atomic E-state index is 12.5. The molecule has 2 aromatic carbocycles. The molecule has 1 fully saturated rings. The van der Waals surface area contributed by atoms with E-state index in [0.717, 1.165) is 42.4 Å². The number of hydrogen-bond acceptors (Lipinski definition) is 3. The molecule has 0 unspecified atom stereocenters. The van der Waals surface area contributed by atoms with Crippen LogP contribution in [0, 0.1) is 5.41 Å². The Labute approximate surface area is 137 Å². The van der Waals surface area contributed by atoms with Crippen molar-refractivity contribution in [2.75, 3.05) is 13.2 Å². The van der Waals surface area contributed by atoms with Gasteiger partial charge in [0.2, 0.25) is 0 Å². The number of ketones is 1. The molecule has 1 saturated heterocycles. The maximum Gasteiger partial charge on any atom is 0.163 e. The Kier molecular flexibility index (Phi) is 4.79. The van der Waals surface area contributed by atoms with E-state index in [1.54, 1.807) is 0 Å². The lowest BCUT2D eigenvalue weighted by molar-refractivity contribution is -0.223. The second kappa shape index (κ2) is 6.81. The highest BCUT2D eigenvalue weighted by molar-refractivity contribution is 6.08. The van der Waals surface area contributed by atoms with E-state index in [-0.39, 0.29) is 17.5 Å². The average molecular weight is 312 g/mol. The lowest BCUT2D eigenvalue weighted by atomic mass is 9.95. The minimum absolute atomic E-state index is 0.0925. The van der Waals surface area contributed by atoms with Gasteiger partial charge in [0.05, 0.1) is 13.2 Å². The molecule has 1 aliphatic rings. The molecule has 3 heteroatoms. The maximum atomic E-state index is 12.5. The normalized spacial score (nSPS) is 18.2. The van der Waals surface area contributed by atoms with Crippen LogP contribution in [0.5, 0.6) is 0 Å². The van der Waals surface area contributed by atoms with Crippen molar-refractivity contribution in [3.8, 4) is 0 Å². The second-order valence-electron chi connectivity index (χ2n) is 7.06. The van der Waals surface area contributed by atoms with Crippen molar-refractivity contribution in [3.63, 3.8) is 0 Å². The fourth-order valence-electron chi connectivity index (χ4n) is 2.93. The van der Waals surface area contributed by atoms with Gasteiger partial charge >= 0.3 is 0 Å². The molecule has 0 saturated carbocycles. The van der Waals surface area contributed by atoms with Crippen molar-refractivity contribution in [2.45, 2.75) is 39.4 Å². The van der Waals surface area contributed by atoms with Crippen molar-refractivity contribution in [3.05, 3.63) is 48.0 Å². The van der Waals surface area contributed by atoms with Crippen molar-refractivity contribution in [1.82, 2.24) is 0 Å². The van der Waals surface area contributed by atoms with Gasteiger partial charge in [-0.05, 0) is 23.6 Å². The summed E-state index contributed by atoms with van der Waals surface area (Å²) in [6.07, 6.45) is 1.92. The van der Waals surface area contributed by atoms with Crippen LogP contribution in [0.4, 0.5) is 0 Å². The smallest absolute Gasteiger partial charge is 0.163 e. The standard InChI is InChI=1S/C20H24O3/c1-20(2)13-22-19(23-14-20)12-6-11-18(21)17-10-5-8-15-7-3-4-9-16(15)17/h3-5,7-10,19H,6,11-14H2,1-2H3. The second-order valence-corrected chi connectivity index (χ2v) is 7.06. The van der Waals surface area contributed by atoms with Crippen LogP contribution in [0.25, 0.3) is 10.8 Å². The highest BCUT2D eigenvalue weighted by atomic mass is 16.7. The third kappa shape index (κ3) is 3.98. The molecule has 0 amide bonds. The molecular formula is C20H24O3. The van der Waals surface area contributed by atoms with E-state index in [1.165, 1.54) is 0 Å². The first-order valence-corrected chi connectivity index (χ1v) is 8.29. The molecule has 1 heterocycles. The first-order valence-electron chi connectivity index (χ1n) is 8.29. The lowest BCUT2D eigenvalue weighted by Crippen LogP contribution is -2.37. The summed E-state index contributed by atoms with van der Waals surface area (Å²) in [6.45, 7) is 5.70. The lowest BCUT2D eigenvalue weighted by Gasteiger charge is -2.34. The molecule has 0 bridgehead atoms. The van der Waals surface area contributed by atoms with Crippen LogP contribution in [0.3, 0.4) is 0 Å². The average Bonchev–Trinajstić information content (AvgIpc) is 2.56. The molecule has 1 aliphatic heterocycles. The minimum Gasteiger partial charge on any atom is -0.352 e. The van der Waals surface area contributed by atoms with Crippen LogP contribution in [0.1, 0.15) is 43.5 Å². The van der Waals surface area contributed by atoms with Gasteiger partial charge in [-0.25, -0.2) is 0 Å². The summed E-state index contributed by atoms with van der Waals surface area (Å²) in [5.74, 6) is 0.193. The molecule has 0 aliphatic carbocycles. The molecule has 3 rings (SSSR count). The van der Waals surface area contributed by atoms with E-state index in [0.29, 0.717) is 6.42 Å². The minimum atomic E-state index is -0.164. The summed E-state index contributed by atoms with van der Waals surface area (Å²) in [4.78, 5) is 12.5. The molecule has 0 spiro atoms. The topological polar surface area (TPSA) is 35.5 Å². The molecule has 0 radical (unpaired) electrons. The SMILES string of the molecule is CC1(C)COC(CCCC(=O)c2cccc3ccccc23)OC1. The summed E-state index contributed by atoms with van der Waals surface area (Å²) < 4.78 is 11.4. The number of Topliss-reactive ketones (excluding diaryl/α,β-unsaturated/α-hetero) is 1. The van der Waals surface area contributed by atoms with Gasteiger partial charge in [0.15, 0.2) is 12.1 Å². The van der Waals surface area contributed by atoms with Crippen LogP contribution >= 0.6 is 0 Å². The summed E-state index contributed by atoms with van der Waals surface area (Å²) in [5.41, 5.74) is 0.907. The fourth-order valence-corrected chi connectivity index (χ4v) is 2.93. The Morgan fingerprint density at radius 1 is 1.09 bits per heavy atom. The van der Waals surface area contributed by atoms with E-state index < -0.39 is 0 Å². The predicted octanol–water partition coefficient (Wildman–Crippen LogP) is 4.59. The van der Waals surface area contributed by atoms with Crippen molar-refractivity contribution in [1.29, 1.82) is 0 Å². The molecule has 122 valence electrons. The van der Waals surface area contributed by atoms with Gasteiger partial charge in [0.1, 0.15) is 0 Å². The summed E-state index contributed by atoms with van der Waals surface area (Å²) in [6, 6.07) is 13.9. The quantitative estimate of drug-likeness (QED) is 0.757. The van der Waals surface area contributed by atoms with Gasteiger partial charge in [-0.3, -0.25) is 4.79 Å². The number of fused-ring (bicyclic) bond motifs is 1. The first kappa shape index (κ1) is 16.2. The Hall–Kier alpha value is -1.71. The zero-order valence-electron chi connectivity index (χ0n) is 13.9. The third-order valence-corrected chi connectivity index (χ3v) is 4.25. The first-order chi connectivity index (χ1) is 11.1. The van der Waals surface area contributed by atoms with Gasteiger partial charge in [0, 0.05) is 17.4 Å². The molecule has 3 nitrogen and oxygen atoms in total. The van der Waals surface area contributed by atoms with Crippen LogP contribution < -0.4 is 0 Å². The highest BCUT2D eigenvalue weighted by Gasteiger charge is 2.28. The van der Waals surface area contributed by atoms with Gasteiger partial charge in [-0.15, -0.1) is 0 Å². The number of carbonyl (C=O) groups excluding carboxylic acids is 1. The molecule has 2 aromatic rings. The summed E-state index contributed by atoms with van der Waals surface area (Å²) in [5, 5.41) is 2.14. The number of carbonyl (C=O) groups is 1. The Morgan fingerprint density at radius 3 is 2.57 bits per heavy atom. The molecule has 0 atom stereocenters. The van der Waals surface area contributed by atoms with E-state index in [4.69, 9.17) is 9.47 Å². The Bertz CT molecular complexity index is 675. The van der Waals surface area contributed by atoms with E-state index in [2.05, 4.69) is 13.8 Å². The highest BCUT2D eigenvalue weighted by Crippen LogP contribution is 2.25. The van der Waals surface area contributed by atoms with Crippen LogP contribution in [-0.4, -0.2) is 25.3 Å². The van der Waals surface area contributed by atoms with Gasteiger partial charge < -0.3 is 9.47 Å². The third-order valence-electron chi connectivity index (χ3n) is 4.25. The largest absolute Gasteiger partial charge is 0.352 e. The number of hydrogen-bond donors (Lipinski definition) is 0. The van der Waals surface area contributed by atoms with Gasteiger partial charge in [0.25, 0.3) is 0 Å². The van der Waals surface area contributed by atoms with E-state index in [1.807, 2.05) is 42.5 Å². The summed E-state index contributed by atoms with van der Waals surface area (Å²) >= 11 is 0. The number of rotatable bonds is 5. The zero-order valence-corrected chi connectivity index (χ0v) is 13.9. The van der Waals surface area contributed by atoms with Crippen molar-refractivity contribution < 1.29 is 14.3 Å².